The fraction of sp³-hybridized carbons (Fsp3) is 0.600. The summed E-state index contributed by atoms with van der Waals surface area (Å²) in [5, 5.41) is 2.56. The molecule has 0 fully saturated rings. The van der Waals surface area contributed by atoms with Gasteiger partial charge in [-0.1, -0.05) is 19.9 Å². The molecule has 0 rings (SSSR count). The summed E-state index contributed by atoms with van der Waals surface area (Å²) in [5.74, 6) is -0.403. The van der Waals surface area contributed by atoms with Crippen LogP contribution in [0.4, 0.5) is 0 Å². The van der Waals surface area contributed by atoms with Crippen LogP contribution in [0.25, 0.3) is 0 Å². The first-order valence-electron chi connectivity index (χ1n) is 4.67. The van der Waals surface area contributed by atoms with E-state index in [1.165, 1.54) is 0 Å². The lowest BCUT2D eigenvalue weighted by molar-refractivity contribution is -0.127. The summed E-state index contributed by atoms with van der Waals surface area (Å²) in [6, 6.07) is -0.626. The maximum Gasteiger partial charge on any atom is 0.240 e. The van der Waals surface area contributed by atoms with E-state index < -0.39 is 11.9 Å². The molecule has 0 saturated carbocycles. The van der Waals surface area contributed by atoms with Crippen molar-refractivity contribution in [2.75, 3.05) is 0 Å². The number of rotatable bonds is 6. The van der Waals surface area contributed by atoms with E-state index in [1.807, 2.05) is 13.8 Å². The Hall–Kier alpha value is -1.32. The van der Waals surface area contributed by atoms with Crippen LogP contribution in [0, 0.1) is 5.92 Å². The van der Waals surface area contributed by atoms with Crippen molar-refractivity contribution in [2.24, 2.45) is 11.7 Å². The Morgan fingerprint density at radius 2 is 2.07 bits per heavy atom. The van der Waals surface area contributed by atoms with Crippen molar-refractivity contribution >= 4 is 11.8 Å². The lowest BCUT2D eigenvalue weighted by atomic mass is 10.1. The van der Waals surface area contributed by atoms with Crippen molar-refractivity contribution in [2.45, 2.75) is 32.7 Å². The van der Waals surface area contributed by atoms with Crippen LogP contribution in [-0.4, -0.2) is 17.9 Å². The van der Waals surface area contributed by atoms with Crippen molar-refractivity contribution in [1.82, 2.24) is 5.32 Å². The van der Waals surface area contributed by atoms with E-state index in [-0.39, 0.29) is 11.8 Å². The maximum absolute atomic E-state index is 11.3. The number of carbonyl (C=O) groups excluding carboxylic acids is 2. The van der Waals surface area contributed by atoms with Gasteiger partial charge >= 0.3 is 0 Å². The number of hydrogen-bond donors (Lipinski definition) is 2. The molecule has 4 nitrogen and oxygen atoms in total. The minimum Gasteiger partial charge on any atom is -0.368 e. The Balaban J connectivity index is 4.09. The molecule has 0 radical (unpaired) electrons. The molecule has 14 heavy (non-hydrogen) atoms. The molecule has 0 aliphatic carbocycles. The third-order valence-corrected chi connectivity index (χ3v) is 1.67. The lowest BCUT2D eigenvalue weighted by Crippen LogP contribution is -2.44. The molecule has 80 valence electrons. The predicted molar refractivity (Wildman–Crippen MR) is 55.4 cm³/mol. The molecule has 0 aliphatic heterocycles. The lowest BCUT2D eigenvalue weighted by Gasteiger charge is -2.14. The molecule has 0 aliphatic rings. The highest BCUT2D eigenvalue weighted by Gasteiger charge is 2.16. The SMILES string of the molecule is C=CC[C@@H](NC(=O)CC(C)C)C(N)=O. The van der Waals surface area contributed by atoms with Gasteiger partial charge in [0.25, 0.3) is 0 Å². The first-order chi connectivity index (χ1) is 6.47. The van der Waals surface area contributed by atoms with Gasteiger partial charge in [0.05, 0.1) is 0 Å². The van der Waals surface area contributed by atoms with E-state index >= 15 is 0 Å². The molecule has 4 heteroatoms. The molecular weight excluding hydrogens is 180 g/mol. The molecular formula is C10H18N2O2. The highest BCUT2D eigenvalue weighted by atomic mass is 16.2. The standard InChI is InChI=1S/C10H18N2O2/c1-4-5-8(10(11)14)12-9(13)6-7(2)3/h4,7-8H,1,5-6H2,2-3H3,(H2,11,14)(H,12,13)/t8-/m1/s1. The summed E-state index contributed by atoms with van der Waals surface area (Å²) in [6.07, 6.45) is 2.34. The Kier molecular flexibility index (Phi) is 5.60. The Bertz CT molecular complexity index is 224. The third-order valence-electron chi connectivity index (χ3n) is 1.67. The highest BCUT2D eigenvalue weighted by molar-refractivity contribution is 5.86. The first kappa shape index (κ1) is 12.7. The quantitative estimate of drug-likeness (QED) is 0.613. The summed E-state index contributed by atoms with van der Waals surface area (Å²) >= 11 is 0. The average Bonchev–Trinajstić information content (AvgIpc) is 2.01. The monoisotopic (exact) mass is 198 g/mol. The second kappa shape index (κ2) is 6.18. The molecule has 2 amide bonds. The minimum atomic E-state index is -0.626. The number of nitrogens with one attached hydrogen (secondary N) is 1. The fourth-order valence-electron chi connectivity index (χ4n) is 1.04. The first-order valence-corrected chi connectivity index (χ1v) is 4.67. The molecule has 0 aromatic heterocycles. The highest BCUT2D eigenvalue weighted by Crippen LogP contribution is 2.00. The second-order valence-electron chi connectivity index (χ2n) is 3.64. The van der Waals surface area contributed by atoms with Crippen molar-refractivity contribution in [1.29, 1.82) is 0 Å². The van der Waals surface area contributed by atoms with Gasteiger partial charge in [-0.3, -0.25) is 9.59 Å². The van der Waals surface area contributed by atoms with Crippen LogP contribution in [0.5, 0.6) is 0 Å². The van der Waals surface area contributed by atoms with Crippen LogP contribution < -0.4 is 11.1 Å². The zero-order valence-corrected chi connectivity index (χ0v) is 8.75. The molecule has 3 N–H and O–H groups in total. The average molecular weight is 198 g/mol. The normalized spacial score (nSPS) is 12.2. The van der Waals surface area contributed by atoms with Gasteiger partial charge < -0.3 is 11.1 Å². The number of nitrogens with two attached hydrogens (primary N) is 1. The fourth-order valence-corrected chi connectivity index (χ4v) is 1.04. The van der Waals surface area contributed by atoms with Crippen molar-refractivity contribution in [3.05, 3.63) is 12.7 Å². The van der Waals surface area contributed by atoms with E-state index in [4.69, 9.17) is 5.73 Å². The molecule has 0 aromatic carbocycles. The second-order valence-corrected chi connectivity index (χ2v) is 3.64. The van der Waals surface area contributed by atoms with E-state index in [1.54, 1.807) is 6.08 Å². The Morgan fingerprint density at radius 1 is 1.50 bits per heavy atom. The third kappa shape index (κ3) is 5.35. The zero-order valence-electron chi connectivity index (χ0n) is 8.75. The predicted octanol–water partition coefficient (Wildman–Crippen LogP) is 0.579. The summed E-state index contributed by atoms with van der Waals surface area (Å²) < 4.78 is 0. The van der Waals surface area contributed by atoms with Crippen molar-refractivity contribution in [3.63, 3.8) is 0 Å². The molecule has 1 atom stereocenters. The van der Waals surface area contributed by atoms with Crippen LogP contribution in [0.1, 0.15) is 26.7 Å². The number of hydrogen-bond acceptors (Lipinski definition) is 2. The van der Waals surface area contributed by atoms with E-state index in [2.05, 4.69) is 11.9 Å². The summed E-state index contributed by atoms with van der Waals surface area (Å²) in [4.78, 5) is 22.2. The molecule has 0 aromatic rings. The Labute approximate surface area is 84.5 Å². The summed E-state index contributed by atoms with van der Waals surface area (Å²) in [5.41, 5.74) is 5.10. The number of amides is 2. The number of carbonyl (C=O) groups is 2. The van der Waals surface area contributed by atoms with Crippen LogP contribution in [-0.2, 0) is 9.59 Å². The zero-order chi connectivity index (χ0) is 11.1. The Morgan fingerprint density at radius 3 is 2.43 bits per heavy atom. The number of primary amides is 1. The van der Waals surface area contributed by atoms with Gasteiger partial charge in [0.2, 0.25) is 11.8 Å². The van der Waals surface area contributed by atoms with Crippen LogP contribution in [0.15, 0.2) is 12.7 Å². The van der Waals surface area contributed by atoms with Crippen LogP contribution in [0.3, 0.4) is 0 Å². The van der Waals surface area contributed by atoms with Crippen molar-refractivity contribution < 1.29 is 9.59 Å². The largest absolute Gasteiger partial charge is 0.368 e. The van der Waals surface area contributed by atoms with Crippen LogP contribution in [0.2, 0.25) is 0 Å². The van der Waals surface area contributed by atoms with Gasteiger partial charge in [-0.2, -0.15) is 0 Å². The molecule has 0 spiro atoms. The van der Waals surface area contributed by atoms with Gasteiger partial charge in [-0.15, -0.1) is 6.58 Å². The van der Waals surface area contributed by atoms with Crippen molar-refractivity contribution in [3.8, 4) is 0 Å². The van der Waals surface area contributed by atoms with Gasteiger partial charge in [0.1, 0.15) is 6.04 Å². The molecule has 0 heterocycles. The van der Waals surface area contributed by atoms with Crippen LogP contribution >= 0.6 is 0 Å². The molecule has 0 saturated heterocycles. The smallest absolute Gasteiger partial charge is 0.240 e. The summed E-state index contributed by atoms with van der Waals surface area (Å²) in [6.45, 7) is 7.37. The van der Waals surface area contributed by atoms with E-state index in [9.17, 15) is 9.59 Å². The maximum atomic E-state index is 11.3. The topological polar surface area (TPSA) is 72.2 Å². The van der Waals surface area contributed by atoms with E-state index in [0.29, 0.717) is 12.8 Å². The van der Waals surface area contributed by atoms with Gasteiger partial charge in [-0.25, -0.2) is 0 Å². The summed E-state index contributed by atoms with van der Waals surface area (Å²) in [7, 11) is 0. The molecule has 0 bridgehead atoms. The molecule has 0 unspecified atom stereocenters. The van der Waals surface area contributed by atoms with E-state index in [0.717, 1.165) is 0 Å². The van der Waals surface area contributed by atoms with Gasteiger partial charge in [0.15, 0.2) is 0 Å². The van der Waals surface area contributed by atoms with Gasteiger partial charge in [0, 0.05) is 6.42 Å². The minimum absolute atomic E-state index is 0.148. The van der Waals surface area contributed by atoms with Gasteiger partial charge in [-0.05, 0) is 12.3 Å².